The number of piperazine rings is 1. The molecule has 2 atom stereocenters. The zero-order valence-electron chi connectivity index (χ0n) is 14.2. The van der Waals surface area contributed by atoms with Crippen molar-refractivity contribution < 1.29 is 9.90 Å². The molecular weight excluding hydrogens is 290 g/mol. The molecule has 1 fully saturated rings. The monoisotopic (exact) mass is 319 g/mol. The molecule has 0 saturated carbocycles. The topological polar surface area (TPSA) is 55.8 Å². The molecule has 1 aliphatic rings. The summed E-state index contributed by atoms with van der Waals surface area (Å²) in [6.07, 6.45) is 0.264. The van der Waals surface area contributed by atoms with Crippen LogP contribution in [0.25, 0.3) is 0 Å². The van der Waals surface area contributed by atoms with Crippen LogP contribution < -0.4 is 5.32 Å². The van der Waals surface area contributed by atoms with E-state index in [2.05, 4.69) is 15.1 Å². The number of benzene rings is 1. The first kappa shape index (κ1) is 17.9. The summed E-state index contributed by atoms with van der Waals surface area (Å²) >= 11 is 0. The minimum absolute atomic E-state index is 0.0478. The highest BCUT2D eigenvalue weighted by Crippen LogP contribution is 2.11. The van der Waals surface area contributed by atoms with Gasteiger partial charge in [0, 0.05) is 45.7 Å². The molecule has 128 valence electrons. The van der Waals surface area contributed by atoms with Gasteiger partial charge >= 0.3 is 0 Å². The van der Waals surface area contributed by atoms with Crippen molar-refractivity contribution in [2.24, 2.45) is 0 Å². The standard InChI is InChI=1S/C18H29N3O2/c1-15(22)14-21-12-10-20(11-13-21)9-8-18(23)19-16(2)17-6-4-3-5-7-17/h3-7,15-16,22H,8-14H2,1-2H3,(H,19,23)/t15-,16-/m1/s1. The van der Waals surface area contributed by atoms with Crippen LogP contribution in [0.1, 0.15) is 31.9 Å². The van der Waals surface area contributed by atoms with Gasteiger partial charge < -0.3 is 15.3 Å². The van der Waals surface area contributed by atoms with Crippen LogP contribution in [0.4, 0.5) is 0 Å². The Morgan fingerprint density at radius 3 is 2.35 bits per heavy atom. The Balaban J connectivity index is 1.65. The summed E-state index contributed by atoms with van der Waals surface area (Å²) in [5.41, 5.74) is 1.13. The van der Waals surface area contributed by atoms with Crippen molar-refractivity contribution in [3.8, 4) is 0 Å². The molecule has 1 aliphatic heterocycles. The summed E-state index contributed by atoms with van der Waals surface area (Å²) in [6, 6.07) is 10.1. The van der Waals surface area contributed by atoms with E-state index in [1.165, 1.54) is 0 Å². The van der Waals surface area contributed by atoms with Gasteiger partial charge in [-0.05, 0) is 19.4 Å². The van der Waals surface area contributed by atoms with Crippen molar-refractivity contribution in [1.29, 1.82) is 0 Å². The van der Waals surface area contributed by atoms with Gasteiger partial charge in [-0.2, -0.15) is 0 Å². The van der Waals surface area contributed by atoms with Gasteiger partial charge in [0.2, 0.25) is 5.91 Å². The number of hydrogen-bond donors (Lipinski definition) is 2. The van der Waals surface area contributed by atoms with Gasteiger partial charge in [-0.25, -0.2) is 0 Å². The molecule has 0 radical (unpaired) electrons. The Labute approximate surface area is 139 Å². The van der Waals surface area contributed by atoms with E-state index in [1.807, 2.05) is 44.2 Å². The van der Waals surface area contributed by atoms with E-state index in [-0.39, 0.29) is 18.1 Å². The number of hydrogen-bond acceptors (Lipinski definition) is 4. The molecule has 0 aromatic heterocycles. The highest BCUT2D eigenvalue weighted by atomic mass is 16.3. The third-order valence-corrected chi connectivity index (χ3v) is 4.32. The van der Waals surface area contributed by atoms with Gasteiger partial charge in [0.15, 0.2) is 0 Å². The molecule has 1 aromatic carbocycles. The van der Waals surface area contributed by atoms with Crippen LogP contribution in [0.5, 0.6) is 0 Å². The first-order valence-corrected chi connectivity index (χ1v) is 8.51. The van der Waals surface area contributed by atoms with E-state index < -0.39 is 0 Å². The highest BCUT2D eigenvalue weighted by Gasteiger charge is 2.18. The summed E-state index contributed by atoms with van der Waals surface area (Å²) in [7, 11) is 0. The minimum Gasteiger partial charge on any atom is -0.392 e. The summed E-state index contributed by atoms with van der Waals surface area (Å²) in [5, 5.41) is 12.5. The molecule has 2 rings (SSSR count). The molecule has 1 saturated heterocycles. The second-order valence-corrected chi connectivity index (χ2v) is 6.44. The zero-order valence-corrected chi connectivity index (χ0v) is 14.2. The minimum atomic E-state index is -0.271. The van der Waals surface area contributed by atoms with Crippen molar-refractivity contribution in [1.82, 2.24) is 15.1 Å². The quantitative estimate of drug-likeness (QED) is 0.794. The predicted octanol–water partition coefficient (Wildman–Crippen LogP) is 1.25. The number of aliphatic hydroxyl groups excluding tert-OH is 1. The fourth-order valence-electron chi connectivity index (χ4n) is 2.97. The van der Waals surface area contributed by atoms with E-state index in [4.69, 9.17) is 0 Å². The van der Waals surface area contributed by atoms with Gasteiger partial charge in [-0.3, -0.25) is 9.69 Å². The van der Waals surface area contributed by atoms with Gasteiger partial charge in [0.1, 0.15) is 0 Å². The SMILES string of the molecule is C[C@@H](O)CN1CCN(CCC(=O)N[C@H](C)c2ccccc2)CC1. The summed E-state index contributed by atoms with van der Waals surface area (Å²) < 4.78 is 0. The van der Waals surface area contributed by atoms with Gasteiger partial charge in [0.05, 0.1) is 12.1 Å². The van der Waals surface area contributed by atoms with Crippen molar-refractivity contribution >= 4 is 5.91 Å². The second-order valence-electron chi connectivity index (χ2n) is 6.44. The van der Waals surface area contributed by atoms with Crippen LogP contribution in [0, 0.1) is 0 Å². The Morgan fingerprint density at radius 1 is 1.13 bits per heavy atom. The van der Waals surface area contributed by atoms with E-state index in [9.17, 15) is 9.90 Å². The van der Waals surface area contributed by atoms with E-state index in [0.717, 1.165) is 44.8 Å². The number of β-amino-alcohol motifs (C(OH)–C–C–N with tert-alkyl or cyclic N) is 1. The molecule has 0 bridgehead atoms. The third-order valence-electron chi connectivity index (χ3n) is 4.32. The van der Waals surface area contributed by atoms with Crippen LogP contribution in [0.15, 0.2) is 30.3 Å². The smallest absolute Gasteiger partial charge is 0.221 e. The third kappa shape index (κ3) is 6.29. The van der Waals surface area contributed by atoms with Gasteiger partial charge in [0.25, 0.3) is 0 Å². The second kappa shape index (κ2) is 9.01. The van der Waals surface area contributed by atoms with Gasteiger partial charge in [-0.15, -0.1) is 0 Å². The Hall–Kier alpha value is -1.43. The molecule has 5 heteroatoms. The van der Waals surface area contributed by atoms with Crippen molar-refractivity contribution in [2.45, 2.75) is 32.4 Å². The zero-order chi connectivity index (χ0) is 16.7. The summed E-state index contributed by atoms with van der Waals surface area (Å²) in [6.45, 7) is 9.24. The number of amides is 1. The summed E-state index contributed by atoms with van der Waals surface area (Å²) in [5.74, 6) is 0.104. The lowest BCUT2D eigenvalue weighted by atomic mass is 10.1. The molecule has 1 amide bonds. The fourth-order valence-corrected chi connectivity index (χ4v) is 2.97. The molecule has 1 heterocycles. The van der Waals surface area contributed by atoms with Gasteiger partial charge in [-0.1, -0.05) is 30.3 Å². The van der Waals surface area contributed by atoms with Crippen molar-refractivity contribution in [2.75, 3.05) is 39.3 Å². The Kier molecular flexibility index (Phi) is 7.02. The van der Waals surface area contributed by atoms with Crippen LogP contribution in [-0.4, -0.2) is 66.2 Å². The van der Waals surface area contributed by atoms with Crippen molar-refractivity contribution in [3.63, 3.8) is 0 Å². The molecular formula is C18H29N3O2. The Bertz CT molecular complexity index is 470. The van der Waals surface area contributed by atoms with Crippen molar-refractivity contribution in [3.05, 3.63) is 35.9 Å². The molecule has 0 spiro atoms. The number of carbonyl (C=O) groups excluding carboxylic acids is 1. The van der Waals surface area contributed by atoms with Crippen LogP contribution in [0.2, 0.25) is 0 Å². The fraction of sp³-hybridized carbons (Fsp3) is 0.611. The average Bonchev–Trinajstić information content (AvgIpc) is 2.54. The molecule has 23 heavy (non-hydrogen) atoms. The number of rotatable bonds is 7. The normalized spacial score (nSPS) is 19.3. The summed E-state index contributed by atoms with van der Waals surface area (Å²) in [4.78, 5) is 16.7. The maximum atomic E-state index is 12.1. The number of carbonyl (C=O) groups is 1. The maximum Gasteiger partial charge on any atom is 0.221 e. The average molecular weight is 319 g/mol. The van der Waals surface area contributed by atoms with Crippen LogP contribution >= 0.6 is 0 Å². The molecule has 0 unspecified atom stereocenters. The first-order valence-electron chi connectivity index (χ1n) is 8.51. The number of nitrogens with zero attached hydrogens (tertiary/aromatic N) is 2. The molecule has 1 aromatic rings. The highest BCUT2D eigenvalue weighted by molar-refractivity contribution is 5.76. The van der Waals surface area contributed by atoms with E-state index >= 15 is 0 Å². The largest absolute Gasteiger partial charge is 0.392 e. The number of nitrogens with one attached hydrogen (secondary N) is 1. The first-order chi connectivity index (χ1) is 11.0. The van der Waals surface area contributed by atoms with Crippen LogP contribution in [-0.2, 0) is 4.79 Å². The number of aliphatic hydroxyl groups is 1. The lowest BCUT2D eigenvalue weighted by Gasteiger charge is -2.35. The predicted molar refractivity (Wildman–Crippen MR) is 92.2 cm³/mol. The van der Waals surface area contributed by atoms with E-state index in [0.29, 0.717) is 6.42 Å². The lowest BCUT2D eigenvalue weighted by molar-refractivity contribution is -0.122. The molecule has 0 aliphatic carbocycles. The Morgan fingerprint density at radius 2 is 1.74 bits per heavy atom. The lowest BCUT2D eigenvalue weighted by Crippen LogP contribution is -2.48. The van der Waals surface area contributed by atoms with E-state index in [1.54, 1.807) is 0 Å². The van der Waals surface area contributed by atoms with Crippen LogP contribution in [0.3, 0.4) is 0 Å². The molecule has 5 nitrogen and oxygen atoms in total. The maximum absolute atomic E-state index is 12.1. The molecule has 2 N–H and O–H groups in total.